The molecule has 150 valence electrons. The van der Waals surface area contributed by atoms with Crippen LogP contribution in [0.1, 0.15) is 72.3 Å². The van der Waals surface area contributed by atoms with E-state index < -0.39 is 0 Å². The minimum atomic E-state index is -0.0971. The van der Waals surface area contributed by atoms with E-state index in [0.717, 1.165) is 25.0 Å². The van der Waals surface area contributed by atoms with E-state index in [9.17, 15) is 0 Å². The highest BCUT2D eigenvalue weighted by Crippen LogP contribution is 2.74. The van der Waals surface area contributed by atoms with Crippen LogP contribution in [0.5, 0.6) is 5.75 Å². The number of rotatable bonds is 5. The van der Waals surface area contributed by atoms with Crippen LogP contribution in [0.15, 0.2) is 24.3 Å². The van der Waals surface area contributed by atoms with Crippen molar-refractivity contribution in [2.45, 2.75) is 96.6 Å². The molecule has 0 radical (unpaired) electrons. The summed E-state index contributed by atoms with van der Waals surface area (Å²) in [7, 11) is 1.74. The molecule has 2 saturated carbocycles. The Kier molecular flexibility index (Phi) is 4.44. The number of ether oxygens (including phenoxy) is 3. The number of aryl methyl sites for hydroxylation is 1. The average molecular weight is 373 g/mol. The Labute approximate surface area is 164 Å². The van der Waals surface area contributed by atoms with Crippen molar-refractivity contribution in [1.29, 1.82) is 0 Å². The molecule has 0 bridgehead atoms. The first-order chi connectivity index (χ1) is 12.6. The first-order valence-electron chi connectivity index (χ1n) is 10.6. The van der Waals surface area contributed by atoms with Crippen LogP contribution in [0.4, 0.5) is 0 Å². The third-order valence-electron chi connectivity index (χ3n) is 7.63. The summed E-state index contributed by atoms with van der Waals surface area (Å²) < 4.78 is 18.5. The Bertz CT molecular complexity index is 708. The smallest absolute Gasteiger partial charge is 0.119 e. The van der Waals surface area contributed by atoms with Crippen LogP contribution in [0.2, 0.25) is 0 Å². The molecular formula is C24H36O3. The molecule has 27 heavy (non-hydrogen) atoms. The number of epoxide rings is 1. The molecule has 0 unspecified atom stereocenters. The quantitative estimate of drug-likeness (QED) is 0.635. The van der Waals surface area contributed by atoms with E-state index in [1.165, 1.54) is 24.8 Å². The molecule has 1 aliphatic heterocycles. The molecule has 1 aromatic rings. The standard InChI is InChI=1S/C24H36O3/c1-21(2,3)26-19-16-20-24(27-20)22(4,12-8-13-23(19,24)5)14-11-17-9-7-10-18(15-17)25-6/h7,9-10,15,19-20H,8,11-14,16H2,1-6H3/t19-,20-,22+,23+,24+/m0/s1. The lowest BCUT2D eigenvalue weighted by atomic mass is 9.54. The second-order valence-corrected chi connectivity index (χ2v) is 10.5. The van der Waals surface area contributed by atoms with Gasteiger partial charge in [-0.25, -0.2) is 0 Å². The van der Waals surface area contributed by atoms with E-state index in [1.807, 2.05) is 6.07 Å². The van der Waals surface area contributed by atoms with Gasteiger partial charge in [-0.2, -0.15) is 0 Å². The maximum Gasteiger partial charge on any atom is 0.119 e. The molecule has 5 atom stereocenters. The summed E-state index contributed by atoms with van der Waals surface area (Å²) in [5.41, 5.74) is 1.61. The molecule has 2 aliphatic carbocycles. The average Bonchev–Trinajstić information content (AvgIpc) is 3.28. The molecule has 1 aromatic carbocycles. The van der Waals surface area contributed by atoms with Gasteiger partial charge in [0.25, 0.3) is 0 Å². The van der Waals surface area contributed by atoms with Gasteiger partial charge in [0.15, 0.2) is 0 Å². The van der Waals surface area contributed by atoms with Gasteiger partial charge < -0.3 is 14.2 Å². The van der Waals surface area contributed by atoms with E-state index in [2.05, 4.69) is 52.8 Å². The summed E-state index contributed by atoms with van der Waals surface area (Å²) in [6.45, 7) is 11.5. The molecule has 3 aliphatic rings. The van der Waals surface area contributed by atoms with E-state index in [-0.39, 0.29) is 22.0 Å². The predicted octanol–water partition coefficient (Wildman–Crippen LogP) is 5.55. The van der Waals surface area contributed by atoms with E-state index in [1.54, 1.807) is 7.11 Å². The predicted molar refractivity (Wildman–Crippen MR) is 108 cm³/mol. The van der Waals surface area contributed by atoms with Crippen molar-refractivity contribution in [2.24, 2.45) is 10.8 Å². The summed E-state index contributed by atoms with van der Waals surface area (Å²) >= 11 is 0. The van der Waals surface area contributed by atoms with Gasteiger partial charge in [-0.3, -0.25) is 0 Å². The zero-order valence-electron chi connectivity index (χ0n) is 17.9. The second kappa shape index (κ2) is 6.22. The van der Waals surface area contributed by atoms with E-state index >= 15 is 0 Å². The molecule has 3 fully saturated rings. The van der Waals surface area contributed by atoms with E-state index in [0.29, 0.717) is 12.2 Å². The molecular weight excluding hydrogens is 336 g/mol. The summed E-state index contributed by atoms with van der Waals surface area (Å²) in [5, 5.41) is 0. The van der Waals surface area contributed by atoms with Gasteiger partial charge in [-0.05, 0) is 64.2 Å². The van der Waals surface area contributed by atoms with Gasteiger partial charge in [-0.1, -0.05) is 32.4 Å². The number of hydrogen-bond donors (Lipinski definition) is 0. The lowest BCUT2D eigenvalue weighted by Gasteiger charge is -2.52. The van der Waals surface area contributed by atoms with Gasteiger partial charge in [-0.15, -0.1) is 0 Å². The summed E-state index contributed by atoms with van der Waals surface area (Å²) in [5.74, 6) is 0.948. The van der Waals surface area contributed by atoms with Crippen LogP contribution >= 0.6 is 0 Å². The fourth-order valence-corrected chi connectivity index (χ4v) is 6.36. The van der Waals surface area contributed by atoms with Crippen LogP contribution in [0, 0.1) is 10.8 Å². The van der Waals surface area contributed by atoms with Gasteiger partial charge in [0.2, 0.25) is 0 Å². The zero-order valence-corrected chi connectivity index (χ0v) is 17.9. The normalized spacial score (nSPS) is 40.4. The minimum absolute atomic E-state index is 0.00698. The second-order valence-electron chi connectivity index (χ2n) is 10.5. The molecule has 0 amide bonds. The van der Waals surface area contributed by atoms with Crippen LogP contribution in [-0.4, -0.2) is 30.5 Å². The number of methoxy groups -OCH3 is 1. The molecule has 3 heteroatoms. The molecule has 1 heterocycles. The van der Waals surface area contributed by atoms with Crippen LogP contribution in [0.25, 0.3) is 0 Å². The monoisotopic (exact) mass is 372 g/mol. The van der Waals surface area contributed by atoms with Crippen molar-refractivity contribution in [3.8, 4) is 5.75 Å². The molecule has 3 nitrogen and oxygen atoms in total. The summed E-state index contributed by atoms with van der Waals surface area (Å²) in [6.07, 6.45) is 7.74. The van der Waals surface area contributed by atoms with Crippen molar-refractivity contribution < 1.29 is 14.2 Å². The Balaban J connectivity index is 1.55. The highest BCUT2D eigenvalue weighted by atomic mass is 16.6. The molecule has 0 N–H and O–H groups in total. The summed E-state index contributed by atoms with van der Waals surface area (Å²) in [6, 6.07) is 8.51. The molecule has 1 spiro atoms. The van der Waals surface area contributed by atoms with Crippen molar-refractivity contribution >= 4 is 0 Å². The Morgan fingerprint density at radius 1 is 1.19 bits per heavy atom. The molecule has 1 saturated heterocycles. The molecule has 0 aromatic heterocycles. The highest BCUT2D eigenvalue weighted by Gasteiger charge is 2.81. The maximum atomic E-state index is 6.56. The third-order valence-corrected chi connectivity index (χ3v) is 7.63. The van der Waals surface area contributed by atoms with Crippen molar-refractivity contribution in [1.82, 2.24) is 0 Å². The lowest BCUT2D eigenvalue weighted by molar-refractivity contribution is -0.167. The van der Waals surface area contributed by atoms with Crippen molar-refractivity contribution in [3.63, 3.8) is 0 Å². The topological polar surface area (TPSA) is 31.0 Å². The number of benzene rings is 1. The van der Waals surface area contributed by atoms with Crippen molar-refractivity contribution in [2.75, 3.05) is 7.11 Å². The fourth-order valence-electron chi connectivity index (χ4n) is 6.36. The summed E-state index contributed by atoms with van der Waals surface area (Å²) in [4.78, 5) is 0. The zero-order chi connectivity index (χ0) is 19.5. The first-order valence-corrected chi connectivity index (χ1v) is 10.6. The highest BCUT2D eigenvalue weighted by molar-refractivity contribution is 5.31. The first kappa shape index (κ1) is 19.3. The maximum absolute atomic E-state index is 6.56. The Hall–Kier alpha value is -1.06. The van der Waals surface area contributed by atoms with Crippen LogP contribution in [0.3, 0.4) is 0 Å². The van der Waals surface area contributed by atoms with Gasteiger partial charge >= 0.3 is 0 Å². The fraction of sp³-hybridized carbons (Fsp3) is 0.750. The third kappa shape index (κ3) is 2.93. The largest absolute Gasteiger partial charge is 0.497 e. The van der Waals surface area contributed by atoms with Crippen molar-refractivity contribution in [3.05, 3.63) is 29.8 Å². The minimum Gasteiger partial charge on any atom is -0.497 e. The number of hydrogen-bond acceptors (Lipinski definition) is 3. The SMILES string of the molecule is COc1cccc(CC[C@@]2(C)CCC[C@]3(C)[C@@H](OC(C)(C)C)C[C@@H]4O[C@]423)c1. The Morgan fingerprint density at radius 2 is 1.96 bits per heavy atom. The molecule has 4 rings (SSSR count). The van der Waals surface area contributed by atoms with Gasteiger partial charge in [0.1, 0.15) is 11.4 Å². The van der Waals surface area contributed by atoms with E-state index in [4.69, 9.17) is 14.2 Å². The van der Waals surface area contributed by atoms with Crippen LogP contribution in [-0.2, 0) is 15.9 Å². The lowest BCUT2D eigenvalue weighted by Crippen LogP contribution is -2.55. The Morgan fingerprint density at radius 3 is 2.67 bits per heavy atom. The van der Waals surface area contributed by atoms with Gasteiger partial charge in [0.05, 0.1) is 24.9 Å². The van der Waals surface area contributed by atoms with Gasteiger partial charge in [0, 0.05) is 17.3 Å². The van der Waals surface area contributed by atoms with Crippen LogP contribution < -0.4 is 4.74 Å².